The minimum atomic E-state index is -1.07. The van der Waals surface area contributed by atoms with E-state index in [9.17, 15) is 14.9 Å². The minimum absolute atomic E-state index is 0.119. The number of benzene rings is 1. The van der Waals surface area contributed by atoms with Crippen molar-refractivity contribution in [2.24, 2.45) is 5.73 Å². The van der Waals surface area contributed by atoms with Crippen molar-refractivity contribution >= 4 is 33.2 Å². The van der Waals surface area contributed by atoms with E-state index in [0.717, 1.165) is 0 Å². The van der Waals surface area contributed by atoms with Crippen molar-refractivity contribution in [3.05, 3.63) is 32.8 Å². The summed E-state index contributed by atoms with van der Waals surface area (Å²) in [5.41, 5.74) is 5.04. The van der Waals surface area contributed by atoms with Crippen LogP contribution in [-0.2, 0) is 9.53 Å². The van der Waals surface area contributed by atoms with Crippen LogP contribution in [0.15, 0.2) is 22.7 Å². The van der Waals surface area contributed by atoms with Crippen molar-refractivity contribution in [3.8, 4) is 0 Å². The lowest BCUT2D eigenvalue weighted by Gasteiger charge is -2.20. The molecule has 19 heavy (non-hydrogen) atoms. The molecule has 1 atom stereocenters. The maximum absolute atomic E-state index is 12.0. The standard InChI is InChI=1S/C11H12BrN3O4/c12-8-2-1-7(5-9(8)15(17)18)14-10(16)11(13)3-4-19-6-11/h1-2,5H,3-4,6,13H2,(H,14,16). The predicted molar refractivity (Wildman–Crippen MR) is 71.8 cm³/mol. The van der Waals surface area contributed by atoms with E-state index in [-0.39, 0.29) is 12.3 Å². The molecule has 1 aliphatic rings. The maximum atomic E-state index is 12.0. The van der Waals surface area contributed by atoms with Gasteiger partial charge in [-0.2, -0.15) is 0 Å². The van der Waals surface area contributed by atoms with Crippen LogP contribution in [0.3, 0.4) is 0 Å². The number of nitro benzene ring substituents is 1. The lowest BCUT2D eigenvalue weighted by molar-refractivity contribution is -0.385. The molecule has 102 valence electrons. The van der Waals surface area contributed by atoms with Gasteiger partial charge in [0.15, 0.2) is 0 Å². The summed E-state index contributed by atoms with van der Waals surface area (Å²) in [4.78, 5) is 22.3. The van der Waals surface area contributed by atoms with Gasteiger partial charge in [-0.15, -0.1) is 0 Å². The van der Waals surface area contributed by atoms with Crippen molar-refractivity contribution in [3.63, 3.8) is 0 Å². The van der Waals surface area contributed by atoms with Crippen LogP contribution in [0.1, 0.15) is 6.42 Å². The fraction of sp³-hybridized carbons (Fsp3) is 0.364. The Balaban J connectivity index is 2.17. The quantitative estimate of drug-likeness (QED) is 0.644. The molecule has 1 amide bonds. The van der Waals surface area contributed by atoms with E-state index in [0.29, 0.717) is 23.2 Å². The zero-order valence-corrected chi connectivity index (χ0v) is 11.5. The Morgan fingerprint density at radius 3 is 2.89 bits per heavy atom. The molecule has 0 radical (unpaired) electrons. The molecule has 1 heterocycles. The van der Waals surface area contributed by atoms with Crippen molar-refractivity contribution < 1.29 is 14.5 Å². The lowest BCUT2D eigenvalue weighted by atomic mass is 9.99. The first kappa shape index (κ1) is 13.9. The second-order valence-corrected chi connectivity index (χ2v) is 5.19. The van der Waals surface area contributed by atoms with Gasteiger partial charge >= 0.3 is 0 Å². The molecule has 3 N–H and O–H groups in total. The summed E-state index contributed by atoms with van der Waals surface area (Å²) in [5, 5.41) is 13.4. The van der Waals surface area contributed by atoms with Crippen molar-refractivity contribution in [2.45, 2.75) is 12.0 Å². The van der Waals surface area contributed by atoms with E-state index in [1.807, 2.05) is 0 Å². The third-order valence-electron chi connectivity index (χ3n) is 2.91. The average Bonchev–Trinajstić information content (AvgIpc) is 2.79. The van der Waals surface area contributed by atoms with Crippen LogP contribution in [0.4, 0.5) is 11.4 Å². The van der Waals surface area contributed by atoms with Crippen LogP contribution < -0.4 is 11.1 Å². The van der Waals surface area contributed by atoms with E-state index in [1.54, 1.807) is 6.07 Å². The topological polar surface area (TPSA) is 107 Å². The molecule has 8 heteroatoms. The highest BCUT2D eigenvalue weighted by Gasteiger charge is 2.38. The number of anilines is 1. The smallest absolute Gasteiger partial charge is 0.285 e. The zero-order valence-electron chi connectivity index (χ0n) is 9.89. The first-order chi connectivity index (χ1) is 8.92. The summed E-state index contributed by atoms with van der Waals surface area (Å²) in [7, 11) is 0. The summed E-state index contributed by atoms with van der Waals surface area (Å²) >= 11 is 3.08. The molecule has 1 aliphatic heterocycles. The molecular weight excluding hydrogens is 318 g/mol. The number of nitrogens with one attached hydrogen (secondary N) is 1. The number of carbonyl (C=O) groups excluding carboxylic acids is 1. The molecule has 0 spiro atoms. The third-order valence-corrected chi connectivity index (χ3v) is 3.58. The highest BCUT2D eigenvalue weighted by atomic mass is 79.9. The average molecular weight is 330 g/mol. The van der Waals surface area contributed by atoms with Crippen LogP contribution in [0.5, 0.6) is 0 Å². The van der Waals surface area contributed by atoms with Crippen molar-refractivity contribution in [1.29, 1.82) is 0 Å². The summed E-state index contributed by atoms with van der Waals surface area (Å²) < 4.78 is 5.45. The van der Waals surface area contributed by atoms with E-state index < -0.39 is 16.4 Å². The summed E-state index contributed by atoms with van der Waals surface area (Å²) in [5.74, 6) is -0.401. The van der Waals surface area contributed by atoms with E-state index >= 15 is 0 Å². The number of halogens is 1. The van der Waals surface area contributed by atoms with Crippen LogP contribution >= 0.6 is 15.9 Å². The fourth-order valence-electron chi connectivity index (χ4n) is 1.75. The van der Waals surface area contributed by atoms with Crippen molar-refractivity contribution in [2.75, 3.05) is 18.5 Å². The number of carbonyl (C=O) groups is 1. The molecule has 7 nitrogen and oxygen atoms in total. The monoisotopic (exact) mass is 329 g/mol. The highest BCUT2D eigenvalue weighted by Crippen LogP contribution is 2.28. The molecule has 0 aromatic heterocycles. The van der Waals surface area contributed by atoms with Gasteiger partial charge in [-0.1, -0.05) is 0 Å². The van der Waals surface area contributed by atoms with Crippen molar-refractivity contribution in [1.82, 2.24) is 0 Å². The minimum Gasteiger partial charge on any atom is -0.379 e. The highest BCUT2D eigenvalue weighted by molar-refractivity contribution is 9.10. The molecule has 0 bridgehead atoms. The molecule has 1 fully saturated rings. The Bertz CT molecular complexity index is 529. The third kappa shape index (κ3) is 2.91. The molecule has 1 aromatic carbocycles. The first-order valence-electron chi connectivity index (χ1n) is 5.54. The molecule has 2 rings (SSSR count). The van der Waals surface area contributed by atoms with Gasteiger partial charge < -0.3 is 15.8 Å². The molecule has 1 unspecified atom stereocenters. The van der Waals surface area contributed by atoms with E-state index in [2.05, 4.69) is 21.2 Å². The second kappa shape index (κ2) is 5.24. The number of ether oxygens (including phenoxy) is 1. The molecule has 1 saturated heterocycles. The summed E-state index contributed by atoms with van der Waals surface area (Å²) in [6, 6.07) is 4.34. The van der Waals surface area contributed by atoms with Gasteiger partial charge in [-0.25, -0.2) is 0 Å². The Labute approximate surface area is 117 Å². The van der Waals surface area contributed by atoms with Crippen LogP contribution in [0.2, 0.25) is 0 Å². The van der Waals surface area contributed by atoms with E-state index in [1.165, 1.54) is 12.1 Å². The summed E-state index contributed by atoms with van der Waals surface area (Å²) in [6.45, 7) is 0.585. The number of nitrogens with two attached hydrogens (primary N) is 1. The summed E-state index contributed by atoms with van der Waals surface area (Å²) in [6.07, 6.45) is 0.428. The molecule has 0 saturated carbocycles. The van der Waals surface area contributed by atoms with Gasteiger partial charge in [-0.3, -0.25) is 14.9 Å². The lowest BCUT2D eigenvalue weighted by Crippen LogP contribution is -2.51. The second-order valence-electron chi connectivity index (χ2n) is 4.34. The van der Waals surface area contributed by atoms with Gasteiger partial charge in [0.1, 0.15) is 5.54 Å². The van der Waals surface area contributed by atoms with Gasteiger partial charge in [0.25, 0.3) is 5.69 Å². The predicted octanol–water partition coefficient (Wildman–Crippen LogP) is 1.41. The Morgan fingerprint density at radius 2 is 2.32 bits per heavy atom. The number of nitrogens with zero attached hydrogens (tertiary/aromatic N) is 1. The SMILES string of the molecule is NC1(C(=O)Nc2ccc(Br)c([N+](=O)[O-])c2)CCOC1. The fourth-order valence-corrected chi connectivity index (χ4v) is 2.14. The Kier molecular flexibility index (Phi) is 3.83. The van der Waals surface area contributed by atoms with Gasteiger partial charge in [-0.05, 0) is 34.5 Å². The molecule has 0 aliphatic carbocycles. The van der Waals surface area contributed by atoms with E-state index in [4.69, 9.17) is 10.5 Å². The molecular formula is C11H12BrN3O4. The normalized spacial score (nSPS) is 22.2. The molecule has 1 aromatic rings. The van der Waals surface area contributed by atoms with Crippen LogP contribution in [-0.4, -0.2) is 29.6 Å². The van der Waals surface area contributed by atoms with Crippen LogP contribution in [0, 0.1) is 10.1 Å². The number of rotatable bonds is 3. The first-order valence-corrected chi connectivity index (χ1v) is 6.34. The van der Waals surface area contributed by atoms with Gasteiger partial charge in [0.2, 0.25) is 5.91 Å². The Hall–Kier alpha value is -1.51. The Morgan fingerprint density at radius 1 is 1.58 bits per heavy atom. The number of hydrogen-bond donors (Lipinski definition) is 2. The zero-order chi connectivity index (χ0) is 14.0. The number of nitro groups is 1. The number of amides is 1. The number of hydrogen-bond acceptors (Lipinski definition) is 5. The van der Waals surface area contributed by atoms with Gasteiger partial charge in [0.05, 0.1) is 16.0 Å². The van der Waals surface area contributed by atoms with Gasteiger partial charge in [0, 0.05) is 18.4 Å². The maximum Gasteiger partial charge on any atom is 0.285 e. The largest absolute Gasteiger partial charge is 0.379 e. The van der Waals surface area contributed by atoms with Crippen LogP contribution in [0.25, 0.3) is 0 Å².